The first-order valence-electron chi connectivity index (χ1n) is 10.5. The third-order valence-corrected chi connectivity index (χ3v) is 6.75. The van der Waals surface area contributed by atoms with Gasteiger partial charge in [0.15, 0.2) is 0 Å². The van der Waals surface area contributed by atoms with E-state index in [0.29, 0.717) is 38.5 Å². The molecule has 2 unspecified atom stereocenters. The quantitative estimate of drug-likeness (QED) is 0.267. The van der Waals surface area contributed by atoms with Crippen LogP contribution in [-0.4, -0.2) is 32.4 Å². The van der Waals surface area contributed by atoms with Crippen LogP contribution in [-0.2, 0) is 9.59 Å². The number of hydrogen-bond donors (Lipinski definition) is 4. The van der Waals surface area contributed by atoms with Gasteiger partial charge in [0.2, 0.25) is 0 Å². The number of benzene rings is 2. The molecule has 6 nitrogen and oxygen atoms in total. The van der Waals surface area contributed by atoms with Crippen molar-refractivity contribution in [2.45, 2.75) is 61.9 Å². The SMILES string of the molecule is O=C(O)CCCCC(SC(CCCCC(=O)O)c1ccccc1O)c1ccccc1O. The van der Waals surface area contributed by atoms with Gasteiger partial charge in [0.1, 0.15) is 11.5 Å². The first-order valence-corrected chi connectivity index (χ1v) is 11.5. The summed E-state index contributed by atoms with van der Waals surface area (Å²) < 4.78 is 0. The molecule has 4 N–H and O–H groups in total. The minimum Gasteiger partial charge on any atom is -0.508 e. The van der Waals surface area contributed by atoms with E-state index in [1.807, 2.05) is 24.3 Å². The predicted molar refractivity (Wildman–Crippen MR) is 121 cm³/mol. The van der Waals surface area contributed by atoms with Crippen LogP contribution in [0.4, 0.5) is 0 Å². The van der Waals surface area contributed by atoms with Crippen molar-refractivity contribution in [1.82, 2.24) is 0 Å². The average Bonchev–Trinajstić information content (AvgIpc) is 2.72. The monoisotopic (exact) mass is 446 g/mol. The van der Waals surface area contributed by atoms with Gasteiger partial charge >= 0.3 is 11.9 Å². The third kappa shape index (κ3) is 8.53. The molecule has 0 spiro atoms. The number of hydrogen-bond acceptors (Lipinski definition) is 5. The molecule has 0 bridgehead atoms. The number of phenols is 2. The summed E-state index contributed by atoms with van der Waals surface area (Å²) in [5, 5.41) is 38.5. The van der Waals surface area contributed by atoms with Gasteiger partial charge in [-0.05, 0) is 37.8 Å². The molecule has 2 aromatic rings. The normalized spacial score (nSPS) is 12.9. The number of para-hydroxylation sites is 2. The van der Waals surface area contributed by atoms with Crippen LogP contribution in [0.3, 0.4) is 0 Å². The highest BCUT2D eigenvalue weighted by atomic mass is 32.2. The largest absolute Gasteiger partial charge is 0.508 e. The Balaban J connectivity index is 2.20. The summed E-state index contributed by atoms with van der Waals surface area (Å²) in [6.45, 7) is 0. The Bertz CT molecular complexity index is 784. The van der Waals surface area contributed by atoms with E-state index in [1.54, 1.807) is 36.0 Å². The number of carboxylic acid groups (broad SMARTS) is 2. The highest BCUT2D eigenvalue weighted by Crippen LogP contribution is 2.49. The number of thioether (sulfide) groups is 1. The molecule has 2 atom stereocenters. The first kappa shape index (κ1) is 24.6. The Morgan fingerprint density at radius 2 is 1.06 bits per heavy atom. The van der Waals surface area contributed by atoms with Gasteiger partial charge in [0, 0.05) is 34.5 Å². The lowest BCUT2D eigenvalue weighted by Crippen LogP contribution is -2.04. The van der Waals surface area contributed by atoms with E-state index < -0.39 is 11.9 Å². The zero-order valence-electron chi connectivity index (χ0n) is 17.4. The van der Waals surface area contributed by atoms with Crippen LogP contribution in [0.1, 0.15) is 73.0 Å². The standard InChI is InChI=1S/C24H30O6S/c25-19-11-3-1-9-17(19)21(13-5-7-15-23(27)28)31-22(14-6-8-16-24(29)30)18-10-2-4-12-20(18)26/h1-4,9-12,21-22,25-26H,5-8,13-16H2,(H,27,28)(H,29,30). The van der Waals surface area contributed by atoms with Crippen LogP contribution in [0.2, 0.25) is 0 Å². The van der Waals surface area contributed by atoms with Crippen molar-refractivity contribution >= 4 is 23.7 Å². The minimum absolute atomic E-state index is 0.0842. The number of unbranched alkanes of at least 4 members (excludes halogenated alkanes) is 2. The lowest BCUT2D eigenvalue weighted by atomic mass is 10.0. The summed E-state index contributed by atoms with van der Waals surface area (Å²) in [5.41, 5.74) is 1.57. The highest BCUT2D eigenvalue weighted by Gasteiger charge is 2.24. The first-order chi connectivity index (χ1) is 14.9. The lowest BCUT2D eigenvalue weighted by molar-refractivity contribution is -0.138. The van der Waals surface area contributed by atoms with Crippen molar-refractivity contribution < 1.29 is 30.0 Å². The van der Waals surface area contributed by atoms with E-state index in [9.17, 15) is 19.8 Å². The molecule has 0 aliphatic carbocycles. The highest BCUT2D eigenvalue weighted by molar-refractivity contribution is 7.99. The molecule has 2 aromatic carbocycles. The summed E-state index contributed by atoms with van der Waals surface area (Å²) in [6, 6.07) is 14.3. The summed E-state index contributed by atoms with van der Waals surface area (Å²) >= 11 is 1.63. The van der Waals surface area contributed by atoms with E-state index >= 15 is 0 Å². The number of phenolic OH excluding ortho intramolecular Hbond substituents is 2. The van der Waals surface area contributed by atoms with Crippen LogP contribution in [0.25, 0.3) is 0 Å². The number of aliphatic carboxylic acids is 2. The topological polar surface area (TPSA) is 115 Å². The molecular weight excluding hydrogens is 416 g/mol. The molecule has 0 saturated heterocycles. The molecule has 31 heavy (non-hydrogen) atoms. The van der Waals surface area contributed by atoms with Gasteiger partial charge in [-0.25, -0.2) is 0 Å². The van der Waals surface area contributed by atoms with Crippen molar-refractivity contribution in [2.75, 3.05) is 0 Å². The van der Waals surface area contributed by atoms with Gasteiger partial charge in [-0.15, -0.1) is 11.8 Å². The van der Waals surface area contributed by atoms with E-state index in [4.69, 9.17) is 10.2 Å². The molecule has 0 amide bonds. The maximum atomic E-state index is 10.8. The van der Waals surface area contributed by atoms with Crippen LogP contribution in [0.5, 0.6) is 11.5 Å². The van der Waals surface area contributed by atoms with Gasteiger partial charge in [-0.1, -0.05) is 49.2 Å². The lowest BCUT2D eigenvalue weighted by Gasteiger charge is -2.25. The van der Waals surface area contributed by atoms with Gasteiger partial charge in [-0.3, -0.25) is 9.59 Å². The molecule has 0 saturated carbocycles. The molecule has 0 fully saturated rings. The number of aromatic hydroxyl groups is 2. The van der Waals surface area contributed by atoms with E-state index in [2.05, 4.69) is 0 Å². The van der Waals surface area contributed by atoms with E-state index in [0.717, 1.165) is 11.1 Å². The fourth-order valence-corrected chi connectivity index (χ4v) is 5.22. The summed E-state index contributed by atoms with van der Waals surface area (Å²) in [4.78, 5) is 21.7. The molecular formula is C24H30O6S. The van der Waals surface area contributed by atoms with Gasteiger partial charge in [-0.2, -0.15) is 0 Å². The van der Waals surface area contributed by atoms with Crippen molar-refractivity contribution in [3.05, 3.63) is 59.7 Å². The number of rotatable bonds is 14. The van der Waals surface area contributed by atoms with Crippen molar-refractivity contribution in [3.63, 3.8) is 0 Å². The minimum atomic E-state index is -0.822. The molecule has 0 aliphatic heterocycles. The zero-order valence-corrected chi connectivity index (χ0v) is 18.3. The zero-order chi connectivity index (χ0) is 22.6. The van der Waals surface area contributed by atoms with Crippen LogP contribution < -0.4 is 0 Å². The second-order valence-corrected chi connectivity index (χ2v) is 8.92. The van der Waals surface area contributed by atoms with Crippen molar-refractivity contribution in [3.8, 4) is 11.5 Å². The molecule has 0 radical (unpaired) electrons. The van der Waals surface area contributed by atoms with Gasteiger partial charge in [0.05, 0.1) is 0 Å². The van der Waals surface area contributed by atoms with Crippen molar-refractivity contribution in [1.29, 1.82) is 0 Å². The summed E-state index contributed by atoms with van der Waals surface area (Å²) in [7, 11) is 0. The number of carbonyl (C=O) groups is 2. The maximum Gasteiger partial charge on any atom is 0.303 e. The summed E-state index contributed by atoms with van der Waals surface area (Å²) in [6.07, 6.45) is 4.10. The fourth-order valence-electron chi connectivity index (χ4n) is 3.52. The predicted octanol–water partition coefficient (Wildman–Crippen LogP) is 5.90. The van der Waals surface area contributed by atoms with Crippen molar-refractivity contribution in [2.24, 2.45) is 0 Å². The Morgan fingerprint density at radius 1 is 0.677 bits per heavy atom. The maximum absolute atomic E-state index is 10.8. The van der Waals surface area contributed by atoms with Crippen LogP contribution >= 0.6 is 11.8 Å². The number of carboxylic acids is 2. The summed E-state index contributed by atoms with van der Waals surface area (Å²) in [5.74, 6) is -1.25. The van der Waals surface area contributed by atoms with E-state index in [1.165, 1.54) is 0 Å². The Hall–Kier alpha value is -2.67. The van der Waals surface area contributed by atoms with E-state index in [-0.39, 0.29) is 34.8 Å². The molecule has 0 heterocycles. The Labute approximate surface area is 186 Å². The molecule has 7 heteroatoms. The third-order valence-electron chi connectivity index (χ3n) is 5.11. The average molecular weight is 447 g/mol. The molecule has 2 rings (SSSR count). The van der Waals surface area contributed by atoms with Gasteiger partial charge in [0.25, 0.3) is 0 Å². The smallest absolute Gasteiger partial charge is 0.303 e. The van der Waals surface area contributed by atoms with Crippen LogP contribution in [0.15, 0.2) is 48.5 Å². The Kier molecular flexibility index (Phi) is 10.2. The molecule has 0 aliphatic rings. The Morgan fingerprint density at radius 3 is 1.42 bits per heavy atom. The second-order valence-electron chi connectivity index (χ2n) is 7.51. The van der Waals surface area contributed by atoms with Crippen LogP contribution in [0, 0.1) is 0 Å². The van der Waals surface area contributed by atoms with Gasteiger partial charge < -0.3 is 20.4 Å². The molecule has 0 aromatic heterocycles. The fraction of sp³-hybridized carbons (Fsp3) is 0.417. The molecule has 168 valence electrons. The second kappa shape index (κ2) is 12.9.